The number of nitrogens with zero attached hydrogens (tertiary/aromatic N) is 1. The van der Waals surface area contributed by atoms with Gasteiger partial charge in [-0.25, -0.2) is 8.42 Å². The maximum absolute atomic E-state index is 12.7. The lowest BCUT2D eigenvalue weighted by molar-refractivity contribution is -0.137. The zero-order chi connectivity index (χ0) is 25.0. The maximum atomic E-state index is 12.7. The monoisotopic (exact) mass is 493 g/mol. The molecular formula is C21H23N3O9S. The molecule has 182 valence electrons. The lowest BCUT2D eigenvalue weighted by atomic mass is 10.2. The van der Waals surface area contributed by atoms with E-state index in [1.54, 1.807) is 0 Å². The number of hydrazine groups is 1. The van der Waals surface area contributed by atoms with Crippen LogP contribution in [0.25, 0.3) is 0 Å². The van der Waals surface area contributed by atoms with Gasteiger partial charge in [0.2, 0.25) is 0 Å². The Kier molecular flexibility index (Phi) is 7.27. The van der Waals surface area contributed by atoms with Crippen molar-refractivity contribution in [1.29, 1.82) is 0 Å². The Bertz CT molecular complexity index is 1230. The summed E-state index contributed by atoms with van der Waals surface area (Å²) >= 11 is 0. The van der Waals surface area contributed by atoms with E-state index in [1.807, 2.05) is 18.7 Å². The summed E-state index contributed by atoms with van der Waals surface area (Å²) in [4.78, 5) is 38.2. The molecule has 34 heavy (non-hydrogen) atoms. The van der Waals surface area contributed by atoms with Crippen LogP contribution in [0.3, 0.4) is 0 Å². The molecule has 0 unspecified atom stereocenters. The lowest BCUT2D eigenvalue weighted by Crippen LogP contribution is -2.43. The molecule has 0 saturated heterocycles. The highest BCUT2D eigenvalue weighted by atomic mass is 32.2. The molecule has 2 amide bonds. The number of hydrogen-bond donors (Lipinski definition) is 3. The summed E-state index contributed by atoms with van der Waals surface area (Å²) in [7, 11) is -2.88. The Balaban J connectivity index is 1.78. The van der Waals surface area contributed by atoms with Crippen molar-refractivity contribution in [3.63, 3.8) is 0 Å². The molecule has 3 N–H and O–H groups in total. The van der Waals surface area contributed by atoms with Crippen LogP contribution in [0.2, 0.25) is 0 Å². The molecule has 0 fully saturated rings. The summed E-state index contributed by atoms with van der Waals surface area (Å²) in [5.41, 5.74) is 2.19. The zero-order valence-corrected chi connectivity index (χ0v) is 19.3. The molecule has 3 rings (SSSR count). The molecule has 12 nitrogen and oxygen atoms in total. The molecule has 0 spiro atoms. The van der Waals surface area contributed by atoms with Gasteiger partial charge in [-0.15, -0.1) is 4.83 Å². The van der Waals surface area contributed by atoms with E-state index in [9.17, 15) is 22.8 Å². The summed E-state index contributed by atoms with van der Waals surface area (Å²) in [6, 6.07) is 7.95. The van der Waals surface area contributed by atoms with Gasteiger partial charge in [0.25, 0.3) is 21.8 Å². The van der Waals surface area contributed by atoms with Crippen LogP contribution in [0.1, 0.15) is 24.2 Å². The van der Waals surface area contributed by atoms with Crippen LogP contribution in [-0.2, 0) is 19.6 Å². The van der Waals surface area contributed by atoms with E-state index in [1.165, 1.54) is 37.4 Å². The fourth-order valence-corrected chi connectivity index (χ4v) is 3.92. The van der Waals surface area contributed by atoms with E-state index in [0.29, 0.717) is 11.5 Å². The van der Waals surface area contributed by atoms with E-state index in [-0.39, 0.29) is 34.6 Å². The highest BCUT2D eigenvalue weighted by Crippen LogP contribution is 2.34. The summed E-state index contributed by atoms with van der Waals surface area (Å²) in [6.45, 7) is 2.63. The van der Waals surface area contributed by atoms with Crippen LogP contribution in [-0.4, -0.2) is 57.7 Å². The number of carboxylic acid groups (broad SMARTS) is 1. The third kappa shape index (κ3) is 5.55. The van der Waals surface area contributed by atoms with Crippen LogP contribution in [0, 0.1) is 0 Å². The summed E-state index contributed by atoms with van der Waals surface area (Å²) < 4.78 is 41.5. The Hall–Kier alpha value is -3.84. The summed E-state index contributed by atoms with van der Waals surface area (Å²) in [5.74, 6) is -1.81. The average Bonchev–Trinajstić information content (AvgIpc) is 2.78. The Labute approximate surface area is 195 Å². The minimum Gasteiger partial charge on any atom is -0.493 e. The fourth-order valence-electron chi connectivity index (χ4n) is 3.06. The topological polar surface area (TPSA) is 161 Å². The van der Waals surface area contributed by atoms with Crippen molar-refractivity contribution < 1.29 is 42.1 Å². The number of aliphatic carboxylic acids is 1. The highest BCUT2D eigenvalue weighted by molar-refractivity contribution is 7.89. The van der Waals surface area contributed by atoms with Crippen LogP contribution in [0.15, 0.2) is 41.3 Å². The number of methoxy groups -OCH3 is 1. The van der Waals surface area contributed by atoms with Crippen molar-refractivity contribution in [3.8, 4) is 17.2 Å². The third-order valence-corrected chi connectivity index (χ3v) is 5.81. The van der Waals surface area contributed by atoms with Gasteiger partial charge in [-0.3, -0.25) is 24.7 Å². The van der Waals surface area contributed by atoms with Crippen molar-refractivity contribution in [2.75, 3.05) is 25.2 Å². The highest BCUT2D eigenvalue weighted by Gasteiger charge is 2.29. The van der Waals surface area contributed by atoms with Gasteiger partial charge in [-0.05, 0) is 50.2 Å². The van der Waals surface area contributed by atoms with E-state index in [4.69, 9.17) is 19.3 Å². The normalized spacial score (nSPS) is 13.2. The van der Waals surface area contributed by atoms with Crippen LogP contribution in [0.5, 0.6) is 17.2 Å². The van der Waals surface area contributed by atoms with Crippen LogP contribution < -0.4 is 29.4 Å². The quantitative estimate of drug-likeness (QED) is 0.431. The summed E-state index contributed by atoms with van der Waals surface area (Å²) in [5, 5.41) is 9.06. The van der Waals surface area contributed by atoms with Gasteiger partial charge in [-0.2, -0.15) is 0 Å². The number of benzene rings is 2. The lowest BCUT2D eigenvalue weighted by Gasteiger charge is -2.28. The minimum atomic E-state index is -4.28. The Morgan fingerprint density at radius 3 is 2.56 bits per heavy atom. The molecule has 0 aromatic heterocycles. The number of fused-ring (bicyclic) bond motifs is 1. The van der Waals surface area contributed by atoms with Gasteiger partial charge in [0.05, 0.1) is 23.8 Å². The SMILES string of the molecule is COc1cc(C(=O)NNS(=O)(=O)c2ccc3c(c2)N(CC(=O)O)C(=O)CO3)ccc1OC(C)C. The molecule has 1 aliphatic heterocycles. The second-order valence-electron chi connectivity index (χ2n) is 7.38. The van der Waals surface area contributed by atoms with Crippen molar-refractivity contribution in [1.82, 2.24) is 10.3 Å². The molecule has 2 aromatic carbocycles. The molecule has 2 aromatic rings. The second-order valence-corrected chi connectivity index (χ2v) is 9.07. The van der Waals surface area contributed by atoms with Gasteiger partial charge >= 0.3 is 5.97 Å². The van der Waals surface area contributed by atoms with Crippen LogP contribution in [0.4, 0.5) is 5.69 Å². The fraction of sp³-hybridized carbons (Fsp3) is 0.286. The molecule has 0 aliphatic carbocycles. The molecule has 13 heteroatoms. The van der Waals surface area contributed by atoms with E-state index in [0.717, 1.165) is 11.0 Å². The van der Waals surface area contributed by atoms with Crippen molar-refractivity contribution in [2.24, 2.45) is 0 Å². The first-order valence-corrected chi connectivity index (χ1v) is 11.5. The standard InChI is InChI=1S/C21H23N3O9S/c1-12(2)33-17-6-4-13(8-18(17)31-3)21(28)22-23-34(29,30)14-5-7-16-15(9-14)24(10-20(26)27)19(25)11-32-16/h4-9,12,23H,10-11H2,1-3H3,(H,22,28)(H,26,27). The number of sulfonamides is 1. The molecule has 0 atom stereocenters. The maximum Gasteiger partial charge on any atom is 0.323 e. The number of ether oxygens (including phenoxy) is 3. The third-order valence-electron chi connectivity index (χ3n) is 4.56. The first kappa shape index (κ1) is 24.8. The molecule has 1 heterocycles. The van der Waals surface area contributed by atoms with Crippen molar-refractivity contribution >= 4 is 33.5 Å². The first-order valence-electron chi connectivity index (χ1n) is 9.97. The zero-order valence-electron chi connectivity index (χ0n) is 18.5. The van der Waals surface area contributed by atoms with E-state index in [2.05, 4.69) is 5.43 Å². The molecular weight excluding hydrogens is 470 g/mol. The number of hydrogen-bond acceptors (Lipinski definition) is 8. The van der Waals surface area contributed by atoms with Gasteiger partial charge in [0, 0.05) is 5.56 Å². The number of anilines is 1. The van der Waals surface area contributed by atoms with Crippen molar-refractivity contribution in [3.05, 3.63) is 42.0 Å². The van der Waals surface area contributed by atoms with Gasteiger partial charge < -0.3 is 19.3 Å². The van der Waals surface area contributed by atoms with Gasteiger partial charge in [-0.1, -0.05) is 0 Å². The number of rotatable bonds is 9. The molecule has 0 saturated carbocycles. The Morgan fingerprint density at radius 1 is 1.18 bits per heavy atom. The van der Waals surface area contributed by atoms with Gasteiger partial charge in [0.1, 0.15) is 12.3 Å². The predicted molar refractivity (Wildman–Crippen MR) is 118 cm³/mol. The number of nitrogens with one attached hydrogen (secondary N) is 2. The van der Waals surface area contributed by atoms with Gasteiger partial charge in [0.15, 0.2) is 18.1 Å². The second kappa shape index (κ2) is 9.97. The van der Waals surface area contributed by atoms with E-state index < -0.39 is 34.4 Å². The summed E-state index contributed by atoms with van der Waals surface area (Å²) in [6.07, 6.45) is -0.121. The smallest absolute Gasteiger partial charge is 0.323 e. The molecule has 1 aliphatic rings. The molecule has 0 radical (unpaired) electrons. The predicted octanol–water partition coefficient (Wildman–Crippen LogP) is 0.916. The van der Waals surface area contributed by atoms with Crippen molar-refractivity contribution in [2.45, 2.75) is 24.8 Å². The van der Waals surface area contributed by atoms with E-state index >= 15 is 0 Å². The number of amides is 2. The number of carbonyl (C=O) groups is 3. The Morgan fingerprint density at radius 2 is 1.91 bits per heavy atom. The largest absolute Gasteiger partial charge is 0.493 e. The van der Waals surface area contributed by atoms with Crippen LogP contribution >= 0.6 is 0 Å². The number of carbonyl (C=O) groups excluding carboxylic acids is 2. The molecule has 0 bridgehead atoms. The minimum absolute atomic E-state index is 0.0154. The first-order chi connectivity index (χ1) is 16.0. The number of carboxylic acids is 1. The average molecular weight is 493 g/mol.